The molecule has 0 heterocycles. The second-order valence-corrected chi connectivity index (χ2v) is 12.0. The predicted molar refractivity (Wildman–Crippen MR) is 158 cm³/mol. The van der Waals surface area contributed by atoms with Crippen LogP contribution >= 0.6 is 0 Å². The van der Waals surface area contributed by atoms with Gasteiger partial charge < -0.3 is 9.47 Å². The van der Waals surface area contributed by atoms with Crippen LogP contribution in [-0.2, 0) is 14.3 Å². The van der Waals surface area contributed by atoms with E-state index in [0.717, 1.165) is 25.0 Å². The first-order valence-electron chi connectivity index (χ1n) is 14.1. The maximum Gasteiger partial charge on any atom is 0.338 e. The van der Waals surface area contributed by atoms with E-state index in [-0.39, 0.29) is 18.5 Å². The molecule has 3 rings (SSSR count). The molecule has 210 valence electrons. The number of esters is 2. The van der Waals surface area contributed by atoms with E-state index in [0.29, 0.717) is 17.6 Å². The number of rotatable bonds is 11. The lowest BCUT2D eigenvalue weighted by Gasteiger charge is -2.36. The van der Waals surface area contributed by atoms with Crippen molar-refractivity contribution < 1.29 is 19.1 Å². The Labute approximate surface area is 234 Å². The average molecular weight is 532 g/mol. The molecule has 0 aromatic heterocycles. The number of allylic oxidation sites excluding steroid dienone is 2. The first kappa shape index (κ1) is 30.4. The highest BCUT2D eigenvalue weighted by Crippen LogP contribution is 2.37. The minimum Gasteiger partial charge on any atom is -0.457 e. The fourth-order valence-electron chi connectivity index (χ4n) is 5.04. The first-order valence-corrected chi connectivity index (χ1v) is 14.1. The third-order valence-corrected chi connectivity index (χ3v) is 7.17. The molecule has 2 unspecified atom stereocenters. The minimum absolute atomic E-state index is 0.0891. The van der Waals surface area contributed by atoms with Gasteiger partial charge >= 0.3 is 11.9 Å². The molecule has 0 N–H and O–H groups in total. The van der Waals surface area contributed by atoms with E-state index in [2.05, 4.69) is 56.9 Å². The molecule has 0 spiro atoms. The molecule has 2 atom stereocenters. The van der Waals surface area contributed by atoms with Crippen molar-refractivity contribution in [1.82, 2.24) is 4.90 Å². The van der Waals surface area contributed by atoms with Crippen molar-refractivity contribution in [3.8, 4) is 0 Å². The van der Waals surface area contributed by atoms with Crippen LogP contribution < -0.4 is 0 Å². The Morgan fingerprint density at radius 3 is 2.08 bits per heavy atom. The number of nitrogens with zero attached hydrogens (tertiary/aromatic N) is 1. The van der Waals surface area contributed by atoms with Crippen LogP contribution in [0.3, 0.4) is 0 Å². The van der Waals surface area contributed by atoms with Crippen molar-refractivity contribution in [2.24, 2.45) is 5.41 Å². The first-order chi connectivity index (χ1) is 18.4. The Morgan fingerprint density at radius 1 is 0.923 bits per heavy atom. The van der Waals surface area contributed by atoms with Gasteiger partial charge in [0, 0.05) is 18.0 Å². The Morgan fingerprint density at radius 2 is 1.51 bits per heavy atom. The summed E-state index contributed by atoms with van der Waals surface area (Å²) in [4.78, 5) is 28.5. The molecule has 5 heteroatoms. The van der Waals surface area contributed by atoms with Crippen LogP contribution in [0.1, 0.15) is 83.1 Å². The normalized spacial score (nSPS) is 18.3. The summed E-state index contributed by atoms with van der Waals surface area (Å²) < 4.78 is 11.9. The monoisotopic (exact) mass is 531 g/mol. The van der Waals surface area contributed by atoms with Gasteiger partial charge in [-0.15, -0.1) is 0 Å². The van der Waals surface area contributed by atoms with Gasteiger partial charge in [-0.1, -0.05) is 60.2 Å². The number of carbonyl (C=O) groups excluding carboxylic acids is 2. The quantitative estimate of drug-likeness (QED) is 0.224. The van der Waals surface area contributed by atoms with E-state index in [1.807, 2.05) is 51.1 Å². The summed E-state index contributed by atoms with van der Waals surface area (Å²) >= 11 is 0. The average Bonchev–Trinajstić information content (AvgIpc) is 2.90. The SMILES string of the molecule is CC(C)N(CCC(C1=CC(COC(=O)c2ccccc2)(OC(=O)C(C)(C)C)C=CC1)c1ccccc1)C(C)C. The van der Waals surface area contributed by atoms with Crippen LogP contribution in [-0.4, -0.2) is 47.7 Å². The second kappa shape index (κ2) is 13.3. The van der Waals surface area contributed by atoms with Gasteiger partial charge in [0.15, 0.2) is 5.60 Å². The molecule has 1 aliphatic carbocycles. The number of benzene rings is 2. The van der Waals surface area contributed by atoms with Crippen molar-refractivity contribution in [3.63, 3.8) is 0 Å². The van der Waals surface area contributed by atoms with Crippen molar-refractivity contribution in [1.29, 1.82) is 0 Å². The van der Waals surface area contributed by atoms with Gasteiger partial charge in [-0.05, 0) is 97.7 Å². The molecule has 1 aliphatic rings. The largest absolute Gasteiger partial charge is 0.457 e. The molecular weight excluding hydrogens is 486 g/mol. The van der Waals surface area contributed by atoms with E-state index in [1.165, 1.54) is 5.56 Å². The standard InChI is InChI=1S/C34H45NO4/c1-25(2)35(26(3)4)22-20-30(27-15-10-8-11-16-27)29-19-14-21-34(23-29,39-32(37)33(5,6)7)24-38-31(36)28-17-12-9-13-18-28/h8-18,21,23,25-26,30H,19-20,22,24H2,1-7H3. The van der Waals surface area contributed by atoms with Gasteiger partial charge in [-0.2, -0.15) is 0 Å². The number of carbonyl (C=O) groups is 2. The predicted octanol–water partition coefficient (Wildman–Crippen LogP) is 7.35. The lowest BCUT2D eigenvalue weighted by atomic mass is 9.80. The van der Waals surface area contributed by atoms with Crippen molar-refractivity contribution in [2.45, 2.75) is 84.9 Å². The van der Waals surface area contributed by atoms with Crippen molar-refractivity contribution >= 4 is 11.9 Å². The Hall–Kier alpha value is -3.18. The highest BCUT2D eigenvalue weighted by atomic mass is 16.6. The summed E-state index contributed by atoms with van der Waals surface area (Å²) in [5.74, 6) is -0.657. The van der Waals surface area contributed by atoms with Crippen LogP contribution in [0.25, 0.3) is 0 Å². The van der Waals surface area contributed by atoms with Gasteiger partial charge in [0.25, 0.3) is 0 Å². The summed E-state index contributed by atoms with van der Waals surface area (Å²) in [5.41, 5.74) is 0.968. The molecule has 0 fully saturated rings. The van der Waals surface area contributed by atoms with E-state index in [9.17, 15) is 9.59 Å². The molecule has 5 nitrogen and oxygen atoms in total. The van der Waals surface area contributed by atoms with Crippen molar-refractivity contribution in [3.05, 3.63) is 95.6 Å². The maximum atomic E-state index is 13.1. The van der Waals surface area contributed by atoms with E-state index in [4.69, 9.17) is 9.47 Å². The van der Waals surface area contributed by atoms with Gasteiger partial charge in [0.2, 0.25) is 0 Å². The Balaban J connectivity index is 1.97. The second-order valence-electron chi connectivity index (χ2n) is 12.0. The highest BCUT2D eigenvalue weighted by Gasteiger charge is 2.38. The van der Waals surface area contributed by atoms with E-state index >= 15 is 0 Å². The van der Waals surface area contributed by atoms with Crippen molar-refractivity contribution in [2.75, 3.05) is 13.2 Å². The maximum absolute atomic E-state index is 13.1. The lowest BCUT2D eigenvalue weighted by Crippen LogP contribution is -2.42. The third kappa shape index (κ3) is 8.40. The summed E-state index contributed by atoms with van der Waals surface area (Å²) in [6.07, 6.45) is 7.61. The summed E-state index contributed by atoms with van der Waals surface area (Å²) in [5, 5.41) is 0. The van der Waals surface area contributed by atoms with E-state index < -0.39 is 17.0 Å². The van der Waals surface area contributed by atoms with Gasteiger partial charge in [-0.3, -0.25) is 9.69 Å². The lowest BCUT2D eigenvalue weighted by molar-refractivity contribution is -0.164. The Kier molecular flexibility index (Phi) is 10.3. The zero-order chi connectivity index (χ0) is 28.6. The zero-order valence-electron chi connectivity index (χ0n) is 24.6. The molecule has 0 saturated heterocycles. The third-order valence-electron chi connectivity index (χ3n) is 7.17. The van der Waals surface area contributed by atoms with E-state index in [1.54, 1.807) is 24.3 Å². The van der Waals surface area contributed by atoms with Crippen LogP contribution in [0.15, 0.2) is 84.5 Å². The molecule has 0 saturated carbocycles. The molecule has 39 heavy (non-hydrogen) atoms. The molecule has 0 bridgehead atoms. The smallest absolute Gasteiger partial charge is 0.338 e. The van der Waals surface area contributed by atoms with Gasteiger partial charge in [0.05, 0.1) is 11.0 Å². The molecule has 2 aromatic rings. The van der Waals surface area contributed by atoms with Crippen LogP contribution in [0.4, 0.5) is 0 Å². The summed E-state index contributed by atoms with van der Waals surface area (Å²) in [6, 6.07) is 20.2. The Bertz CT molecular complexity index is 1140. The van der Waals surface area contributed by atoms with Gasteiger partial charge in [0.1, 0.15) is 6.61 Å². The fourth-order valence-corrected chi connectivity index (χ4v) is 5.04. The van der Waals surface area contributed by atoms with Crippen LogP contribution in [0.5, 0.6) is 0 Å². The van der Waals surface area contributed by atoms with Crippen LogP contribution in [0, 0.1) is 5.41 Å². The topological polar surface area (TPSA) is 55.8 Å². The molecule has 0 amide bonds. The molecular formula is C34H45NO4. The fraction of sp³-hybridized carbons (Fsp3) is 0.471. The number of hydrogen-bond donors (Lipinski definition) is 0. The molecule has 2 aromatic carbocycles. The van der Waals surface area contributed by atoms with Gasteiger partial charge in [-0.25, -0.2) is 4.79 Å². The number of hydrogen-bond acceptors (Lipinski definition) is 5. The number of ether oxygens (including phenoxy) is 2. The summed E-state index contributed by atoms with van der Waals surface area (Å²) in [7, 11) is 0. The summed E-state index contributed by atoms with van der Waals surface area (Å²) in [6.45, 7) is 15.3. The molecule has 0 aliphatic heterocycles. The highest BCUT2D eigenvalue weighted by molar-refractivity contribution is 5.89. The molecule has 0 radical (unpaired) electrons. The minimum atomic E-state index is -1.18. The van der Waals surface area contributed by atoms with Crippen LogP contribution in [0.2, 0.25) is 0 Å². The zero-order valence-corrected chi connectivity index (χ0v) is 24.6.